The van der Waals surface area contributed by atoms with Crippen molar-refractivity contribution in [2.24, 2.45) is 0 Å². The van der Waals surface area contributed by atoms with Crippen LogP contribution in [-0.2, 0) is 4.79 Å². The molecule has 116 valence electrons. The molecule has 1 aliphatic heterocycles. The van der Waals surface area contributed by atoms with Gasteiger partial charge in [0.05, 0.1) is 4.91 Å². The first kappa shape index (κ1) is 15.6. The number of rotatable bonds is 4. The summed E-state index contributed by atoms with van der Waals surface area (Å²) in [6, 6.07) is 18.1. The molecule has 0 spiro atoms. The molecule has 0 atom stereocenters. The summed E-state index contributed by atoms with van der Waals surface area (Å²) >= 11 is 1.02. The molecule has 0 saturated carbocycles. The van der Waals surface area contributed by atoms with E-state index in [-0.39, 0.29) is 11.1 Å². The van der Waals surface area contributed by atoms with Crippen LogP contribution in [0.2, 0.25) is 0 Å². The zero-order valence-corrected chi connectivity index (χ0v) is 13.7. The number of hydrogen-bond donors (Lipinski definition) is 0. The van der Waals surface area contributed by atoms with Crippen molar-refractivity contribution < 1.29 is 9.59 Å². The van der Waals surface area contributed by atoms with E-state index in [1.165, 1.54) is 4.90 Å². The Morgan fingerprint density at radius 2 is 1.61 bits per heavy atom. The molecular formula is C19H17NO2S. The molecule has 1 aliphatic rings. The molecular weight excluding hydrogens is 306 g/mol. The molecule has 1 saturated heterocycles. The van der Waals surface area contributed by atoms with Crippen LogP contribution in [0.5, 0.6) is 0 Å². The smallest absolute Gasteiger partial charge is 0.268 e. The average Bonchev–Trinajstić information content (AvgIpc) is 2.84. The number of amides is 2. The van der Waals surface area contributed by atoms with Gasteiger partial charge in [0.2, 0.25) is 0 Å². The molecule has 0 aromatic heterocycles. The van der Waals surface area contributed by atoms with E-state index in [2.05, 4.69) is 12.1 Å². The second-order valence-electron chi connectivity index (χ2n) is 5.32. The minimum Gasteiger partial charge on any atom is -0.268 e. The predicted molar refractivity (Wildman–Crippen MR) is 94.8 cm³/mol. The molecule has 2 aromatic carbocycles. The highest BCUT2D eigenvalue weighted by atomic mass is 32.2. The van der Waals surface area contributed by atoms with Gasteiger partial charge in [0, 0.05) is 6.54 Å². The van der Waals surface area contributed by atoms with Crippen LogP contribution in [0, 0.1) is 0 Å². The lowest BCUT2D eigenvalue weighted by Crippen LogP contribution is -2.28. The molecule has 3 nitrogen and oxygen atoms in total. The zero-order chi connectivity index (χ0) is 16.2. The van der Waals surface area contributed by atoms with Crippen molar-refractivity contribution in [3.63, 3.8) is 0 Å². The fourth-order valence-corrected chi connectivity index (χ4v) is 3.34. The Balaban J connectivity index is 1.81. The van der Waals surface area contributed by atoms with E-state index in [0.717, 1.165) is 34.9 Å². The molecule has 0 unspecified atom stereocenters. The van der Waals surface area contributed by atoms with E-state index in [1.807, 2.05) is 49.4 Å². The monoisotopic (exact) mass is 323 g/mol. The predicted octanol–water partition coefficient (Wildman–Crippen LogP) is 4.80. The highest BCUT2D eigenvalue weighted by Gasteiger charge is 2.34. The van der Waals surface area contributed by atoms with Crippen molar-refractivity contribution in [3.05, 3.63) is 65.1 Å². The topological polar surface area (TPSA) is 37.4 Å². The van der Waals surface area contributed by atoms with Crippen LogP contribution in [0.15, 0.2) is 59.5 Å². The number of imide groups is 1. The Morgan fingerprint density at radius 3 is 2.26 bits per heavy atom. The third-order valence-electron chi connectivity index (χ3n) is 3.64. The van der Waals surface area contributed by atoms with Gasteiger partial charge in [-0.3, -0.25) is 14.5 Å². The Kier molecular flexibility index (Phi) is 4.63. The number of thioether (sulfide) groups is 1. The highest BCUT2D eigenvalue weighted by Crippen LogP contribution is 2.32. The van der Waals surface area contributed by atoms with Gasteiger partial charge in [-0.15, -0.1) is 0 Å². The van der Waals surface area contributed by atoms with Crippen LogP contribution >= 0.6 is 11.8 Å². The number of carbonyl (C=O) groups is 2. The van der Waals surface area contributed by atoms with E-state index in [1.54, 1.807) is 6.08 Å². The minimum absolute atomic E-state index is 0.177. The van der Waals surface area contributed by atoms with E-state index < -0.39 is 0 Å². The standard InChI is InChI=1S/C19H17NO2S/c1-2-12-20-18(21)17(23-19(20)22)13-14-8-10-16(11-9-14)15-6-4-3-5-7-15/h3-11,13H,2,12H2,1H3/b17-13+. The molecule has 2 amide bonds. The van der Waals surface area contributed by atoms with Crippen LogP contribution in [0.1, 0.15) is 18.9 Å². The SMILES string of the molecule is CCCN1C(=O)S/C(=C/c2ccc(-c3ccccc3)cc2)C1=O. The second kappa shape index (κ2) is 6.84. The summed E-state index contributed by atoms with van der Waals surface area (Å²) in [6.07, 6.45) is 2.56. The first-order valence-corrected chi connectivity index (χ1v) is 8.41. The zero-order valence-electron chi connectivity index (χ0n) is 12.9. The first-order valence-electron chi connectivity index (χ1n) is 7.60. The van der Waals surface area contributed by atoms with Crippen molar-refractivity contribution in [2.45, 2.75) is 13.3 Å². The van der Waals surface area contributed by atoms with Crippen molar-refractivity contribution in [3.8, 4) is 11.1 Å². The number of hydrogen-bond acceptors (Lipinski definition) is 3. The van der Waals surface area contributed by atoms with Gasteiger partial charge in [0.25, 0.3) is 11.1 Å². The number of benzene rings is 2. The molecule has 23 heavy (non-hydrogen) atoms. The lowest BCUT2D eigenvalue weighted by Gasteiger charge is -2.09. The number of nitrogens with zero attached hydrogens (tertiary/aromatic N) is 1. The van der Waals surface area contributed by atoms with E-state index in [4.69, 9.17) is 0 Å². The third kappa shape index (κ3) is 3.37. The normalized spacial score (nSPS) is 16.4. The van der Waals surface area contributed by atoms with Crippen LogP contribution in [0.3, 0.4) is 0 Å². The van der Waals surface area contributed by atoms with E-state index in [0.29, 0.717) is 11.4 Å². The fourth-order valence-electron chi connectivity index (χ4n) is 2.47. The van der Waals surface area contributed by atoms with Gasteiger partial charge >= 0.3 is 0 Å². The molecule has 1 fully saturated rings. The van der Waals surface area contributed by atoms with Gasteiger partial charge in [0.15, 0.2) is 0 Å². The molecule has 4 heteroatoms. The molecule has 0 N–H and O–H groups in total. The van der Waals surface area contributed by atoms with Crippen molar-refractivity contribution in [1.82, 2.24) is 4.90 Å². The minimum atomic E-state index is -0.186. The van der Waals surface area contributed by atoms with Crippen molar-refractivity contribution in [1.29, 1.82) is 0 Å². The van der Waals surface area contributed by atoms with Crippen molar-refractivity contribution >= 4 is 29.0 Å². The van der Waals surface area contributed by atoms with Crippen LogP contribution in [0.4, 0.5) is 4.79 Å². The highest BCUT2D eigenvalue weighted by molar-refractivity contribution is 8.18. The number of carbonyl (C=O) groups excluding carboxylic acids is 2. The molecule has 0 bridgehead atoms. The molecule has 0 radical (unpaired) electrons. The summed E-state index contributed by atoms with van der Waals surface area (Å²) in [6.45, 7) is 2.43. The average molecular weight is 323 g/mol. The summed E-state index contributed by atoms with van der Waals surface area (Å²) in [5.41, 5.74) is 3.20. The lowest BCUT2D eigenvalue weighted by atomic mass is 10.0. The lowest BCUT2D eigenvalue weighted by molar-refractivity contribution is -0.122. The van der Waals surface area contributed by atoms with Crippen molar-refractivity contribution in [2.75, 3.05) is 6.54 Å². The van der Waals surface area contributed by atoms with Gasteiger partial charge in [-0.25, -0.2) is 0 Å². The Hall–Kier alpha value is -2.33. The van der Waals surface area contributed by atoms with E-state index in [9.17, 15) is 9.59 Å². The maximum absolute atomic E-state index is 12.2. The van der Waals surface area contributed by atoms with Gasteiger partial charge in [-0.1, -0.05) is 61.5 Å². The van der Waals surface area contributed by atoms with Crippen LogP contribution in [-0.4, -0.2) is 22.6 Å². The summed E-state index contributed by atoms with van der Waals surface area (Å²) in [5.74, 6) is -0.186. The van der Waals surface area contributed by atoms with Gasteiger partial charge in [0.1, 0.15) is 0 Å². The summed E-state index contributed by atoms with van der Waals surface area (Å²) in [4.78, 5) is 25.9. The quantitative estimate of drug-likeness (QED) is 0.758. The van der Waals surface area contributed by atoms with Crippen LogP contribution < -0.4 is 0 Å². The summed E-state index contributed by atoms with van der Waals surface area (Å²) in [7, 11) is 0. The molecule has 1 heterocycles. The van der Waals surface area contributed by atoms with Gasteiger partial charge < -0.3 is 0 Å². The summed E-state index contributed by atoms with van der Waals surface area (Å²) in [5, 5.41) is -0.177. The Bertz CT molecular complexity index is 751. The summed E-state index contributed by atoms with van der Waals surface area (Å²) < 4.78 is 0. The fraction of sp³-hybridized carbons (Fsp3) is 0.158. The Morgan fingerprint density at radius 1 is 0.957 bits per heavy atom. The molecule has 2 aromatic rings. The van der Waals surface area contributed by atoms with E-state index >= 15 is 0 Å². The Labute approximate surface area is 140 Å². The molecule has 3 rings (SSSR count). The second-order valence-corrected chi connectivity index (χ2v) is 6.31. The van der Waals surface area contributed by atoms with Gasteiger partial charge in [-0.2, -0.15) is 0 Å². The molecule has 0 aliphatic carbocycles. The largest absolute Gasteiger partial charge is 0.293 e. The maximum atomic E-state index is 12.2. The third-order valence-corrected chi connectivity index (χ3v) is 4.54. The maximum Gasteiger partial charge on any atom is 0.293 e. The van der Waals surface area contributed by atoms with Gasteiger partial charge in [-0.05, 0) is 40.9 Å². The van der Waals surface area contributed by atoms with Crippen LogP contribution in [0.25, 0.3) is 17.2 Å². The first-order chi connectivity index (χ1) is 11.2.